The van der Waals surface area contributed by atoms with Crippen LogP contribution in [-0.2, 0) is 13.0 Å². The summed E-state index contributed by atoms with van der Waals surface area (Å²) in [5.74, 6) is 0.424. The van der Waals surface area contributed by atoms with Gasteiger partial charge in [-0.15, -0.1) is 0 Å². The average molecular weight is 498 g/mol. The molecule has 0 aliphatic rings. The summed E-state index contributed by atoms with van der Waals surface area (Å²) in [4.78, 5) is 4.54. The van der Waals surface area contributed by atoms with Gasteiger partial charge >= 0.3 is 0 Å². The Balaban J connectivity index is 1.33. The summed E-state index contributed by atoms with van der Waals surface area (Å²) in [5, 5.41) is 9.24. The van der Waals surface area contributed by atoms with Gasteiger partial charge in [-0.3, -0.25) is 4.98 Å². The van der Waals surface area contributed by atoms with Crippen LogP contribution in [0.2, 0.25) is 10.0 Å². The Morgan fingerprint density at radius 3 is 2.59 bits per heavy atom. The highest BCUT2D eigenvalue weighted by atomic mass is 35.5. The minimum absolute atomic E-state index is 0.262. The summed E-state index contributed by atoms with van der Waals surface area (Å²) in [6, 6.07) is 18.3. The van der Waals surface area contributed by atoms with Crippen LogP contribution in [-0.4, -0.2) is 25.2 Å². The SMILES string of the molecule is COc1ccc(F)cc1CNCCCNc1ccnc2cc(Cc3c(Cl)cccc3Cl)ccc12. The van der Waals surface area contributed by atoms with Crippen molar-refractivity contribution in [1.29, 1.82) is 0 Å². The van der Waals surface area contributed by atoms with Crippen LogP contribution < -0.4 is 15.4 Å². The number of nitrogens with zero attached hydrogens (tertiary/aromatic N) is 1. The second kappa shape index (κ2) is 11.5. The van der Waals surface area contributed by atoms with E-state index in [-0.39, 0.29) is 5.82 Å². The Morgan fingerprint density at radius 2 is 1.79 bits per heavy atom. The first kappa shape index (κ1) is 24.3. The number of halogens is 3. The first-order chi connectivity index (χ1) is 16.5. The van der Waals surface area contributed by atoms with Crippen molar-refractivity contribution in [2.24, 2.45) is 0 Å². The Kier molecular flexibility index (Phi) is 8.22. The van der Waals surface area contributed by atoms with Crippen molar-refractivity contribution in [1.82, 2.24) is 10.3 Å². The molecule has 4 aromatic rings. The topological polar surface area (TPSA) is 46.2 Å². The zero-order chi connectivity index (χ0) is 23.9. The minimum Gasteiger partial charge on any atom is -0.496 e. The highest BCUT2D eigenvalue weighted by Crippen LogP contribution is 2.29. The van der Waals surface area contributed by atoms with E-state index in [1.54, 1.807) is 13.2 Å². The second-order valence-electron chi connectivity index (χ2n) is 8.00. The molecule has 0 aliphatic carbocycles. The van der Waals surface area contributed by atoms with Gasteiger partial charge in [-0.05, 0) is 66.6 Å². The lowest BCUT2D eigenvalue weighted by Crippen LogP contribution is -2.18. The summed E-state index contributed by atoms with van der Waals surface area (Å²) in [6.07, 6.45) is 3.37. The predicted molar refractivity (Wildman–Crippen MR) is 139 cm³/mol. The lowest BCUT2D eigenvalue weighted by Gasteiger charge is -2.12. The molecule has 0 fully saturated rings. The van der Waals surface area contributed by atoms with E-state index >= 15 is 0 Å². The number of methoxy groups -OCH3 is 1. The van der Waals surface area contributed by atoms with Gasteiger partial charge in [0.25, 0.3) is 0 Å². The normalized spacial score (nSPS) is 11.1. The maximum atomic E-state index is 13.5. The lowest BCUT2D eigenvalue weighted by atomic mass is 10.0. The molecule has 0 unspecified atom stereocenters. The molecule has 0 atom stereocenters. The highest BCUT2D eigenvalue weighted by Gasteiger charge is 2.09. The minimum atomic E-state index is -0.262. The lowest BCUT2D eigenvalue weighted by molar-refractivity contribution is 0.406. The van der Waals surface area contributed by atoms with Crippen LogP contribution in [0.4, 0.5) is 10.1 Å². The molecule has 0 spiro atoms. The summed E-state index contributed by atoms with van der Waals surface area (Å²) >= 11 is 12.7. The van der Waals surface area contributed by atoms with Crippen LogP contribution in [0.25, 0.3) is 10.9 Å². The molecule has 4 nitrogen and oxygen atoms in total. The number of pyridine rings is 1. The third-order valence-corrected chi connectivity index (χ3v) is 6.36. The van der Waals surface area contributed by atoms with Crippen molar-refractivity contribution in [2.75, 3.05) is 25.5 Å². The van der Waals surface area contributed by atoms with Gasteiger partial charge in [0.1, 0.15) is 11.6 Å². The first-order valence-corrected chi connectivity index (χ1v) is 11.9. The van der Waals surface area contributed by atoms with Crippen LogP contribution in [0.3, 0.4) is 0 Å². The van der Waals surface area contributed by atoms with Gasteiger partial charge in [-0.2, -0.15) is 0 Å². The molecular weight excluding hydrogens is 472 g/mol. The molecule has 0 saturated carbocycles. The molecule has 0 bridgehead atoms. The molecular formula is C27H26Cl2FN3O. The van der Waals surface area contributed by atoms with Crippen LogP contribution in [0, 0.1) is 5.82 Å². The molecule has 0 saturated heterocycles. The molecule has 1 aromatic heterocycles. The predicted octanol–water partition coefficient (Wildman–Crippen LogP) is 6.87. The maximum absolute atomic E-state index is 13.5. The third-order valence-electron chi connectivity index (χ3n) is 5.65. The zero-order valence-corrected chi connectivity index (χ0v) is 20.4. The van der Waals surface area contributed by atoms with Crippen molar-refractivity contribution in [3.8, 4) is 5.75 Å². The Labute approximate surface area is 209 Å². The average Bonchev–Trinajstić information content (AvgIpc) is 2.83. The van der Waals surface area contributed by atoms with Crippen molar-refractivity contribution in [3.63, 3.8) is 0 Å². The largest absolute Gasteiger partial charge is 0.496 e. The fourth-order valence-corrected chi connectivity index (χ4v) is 4.44. The Bertz CT molecular complexity index is 1260. The monoisotopic (exact) mass is 497 g/mol. The van der Waals surface area contributed by atoms with Gasteiger partial charge in [-0.25, -0.2) is 4.39 Å². The van der Waals surface area contributed by atoms with E-state index < -0.39 is 0 Å². The number of nitrogens with one attached hydrogen (secondary N) is 2. The van der Waals surface area contributed by atoms with E-state index in [2.05, 4.69) is 33.8 Å². The number of hydrogen-bond donors (Lipinski definition) is 2. The third kappa shape index (κ3) is 5.98. The Morgan fingerprint density at radius 1 is 0.971 bits per heavy atom. The number of ether oxygens (including phenoxy) is 1. The molecule has 0 radical (unpaired) electrons. The van der Waals surface area contributed by atoms with E-state index in [4.69, 9.17) is 27.9 Å². The summed E-state index contributed by atoms with van der Waals surface area (Å²) in [7, 11) is 1.59. The fourth-order valence-electron chi connectivity index (χ4n) is 3.91. The standard InChI is InChI=1S/C27H26Cl2FN3O/c1-34-27-9-7-20(30)16-19(27)17-31-11-3-12-32-25-10-13-33-26-15-18(6-8-21(25)26)14-22-23(28)4-2-5-24(22)29/h2,4-10,13,15-16,31H,3,11-12,14,17H2,1H3,(H,32,33). The molecule has 2 N–H and O–H groups in total. The Hall–Kier alpha value is -2.86. The van der Waals surface area contributed by atoms with Gasteiger partial charge in [0.05, 0.1) is 12.6 Å². The van der Waals surface area contributed by atoms with Crippen LogP contribution in [0.5, 0.6) is 5.75 Å². The molecule has 34 heavy (non-hydrogen) atoms. The van der Waals surface area contributed by atoms with Crippen molar-refractivity contribution in [2.45, 2.75) is 19.4 Å². The maximum Gasteiger partial charge on any atom is 0.123 e. The number of aromatic nitrogens is 1. The van der Waals surface area contributed by atoms with Crippen molar-refractivity contribution < 1.29 is 9.13 Å². The fraction of sp³-hybridized carbons (Fsp3) is 0.222. The van der Waals surface area contributed by atoms with E-state index in [1.165, 1.54) is 12.1 Å². The molecule has 0 amide bonds. The van der Waals surface area contributed by atoms with E-state index in [9.17, 15) is 4.39 Å². The van der Waals surface area contributed by atoms with Crippen LogP contribution in [0.1, 0.15) is 23.1 Å². The quantitative estimate of drug-likeness (QED) is 0.234. The number of fused-ring (bicyclic) bond motifs is 1. The zero-order valence-electron chi connectivity index (χ0n) is 18.9. The molecule has 4 rings (SSSR count). The molecule has 0 aliphatic heterocycles. The van der Waals surface area contributed by atoms with Gasteiger partial charge in [0, 0.05) is 52.4 Å². The van der Waals surface area contributed by atoms with Gasteiger partial charge < -0.3 is 15.4 Å². The van der Waals surface area contributed by atoms with Crippen molar-refractivity contribution >= 4 is 39.8 Å². The molecule has 7 heteroatoms. The number of hydrogen-bond acceptors (Lipinski definition) is 4. The second-order valence-corrected chi connectivity index (χ2v) is 8.81. The van der Waals surface area contributed by atoms with E-state index in [0.717, 1.165) is 52.8 Å². The molecule has 3 aromatic carbocycles. The van der Waals surface area contributed by atoms with Gasteiger partial charge in [0.15, 0.2) is 0 Å². The summed E-state index contributed by atoms with van der Waals surface area (Å²) in [5.41, 5.74) is 4.79. The van der Waals surface area contributed by atoms with Gasteiger partial charge in [0.2, 0.25) is 0 Å². The van der Waals surface area contributed by atoms with Crippen LogP contribution in [0.15, 0.2) is 66.9 Å². The number of benzene rings is 3. The van der Waals surface area contributed by atoms with E-state index in [1.807, 2.05) is 30.5 Å². The van der Waals surface area contributed by atoms with Gasteiger partial charge in [-0.1, -0.05) is 41.4 Å². The summed E-state index contributed by atoms with van der Waals surface area (Å²) < 4.78 is 18.8. The highest BCUT2D eigenvalue weighted by molar-refractivity contribution is 6.36. The van der Waals surface area contributed by atoms with Crippen LogP contribution >= 0.6 is 23.2 Å². The first-order valence-electron chi connectivity index (χ1n) is 11.1. The number of anilines is 1. The molecule has 176 valence electrons. The van der Waals surface area contributed by atoms with E-state index in [0.29, 0.717) is 28.8 Å². The number of rotatable bonds is 10. The van der Waals surface area contributed by atoms with Crippen molar-refractivity contribution in [3.05, 3.63) is 99.4 Å². The smallest absolute Gasteiger partial charge is 0.123 e. The summed E-state index contributed by atoms with van der Waals surface area (Å²) in [6.45, 7) is 2.14. The molecule has 1 heterocycles.